The van der Waals surface area contributed by atoms with Gasteiger partial charge in [0.1, 0.15) is 12.4 Å². The molecule has 1 heterocycles. The lowest BCUT2D eigenvalue weighted by molar-refractivity contribution is 0.265. The smallest absolute Gasteiger partial charge is 0.135 e. The number of hydrogen-bond acceptors (Lipinski definition) is 2. The van der Waals surface area contributed by atoms with Crippen molar-refractivity contribution in [3.05, 3.63) is 65.5 Å². The van der Waals surface area contributed by atoms with Crippen LogP contribution in [-0.4, -0.2) is 14.7 Å². The Balaban J connectivity index is 1.79. The maximum Gasteiger partial charge on any atom is 0.135 e. The molecule has 1 N–H and O–H groups in total. The summed E-state index contributed by atoms with van der Waals surface area (Å²) in [6.45, 7) is 2.93. The standard InChI is InChI=1S/C18H20N2O/c1-14-9-10-17-16(12-14)19-18(13-21)20(17)11-5-8-15-6-3-2-4-7-15/h2-4,6-7,9-10,12,21H,5,8,11,13H2,1H3. The van der Waals surface area contributed by atoms with E-state index in [0.717, 1.165) is 36.2 Å². The average Bonchev–Trinajstić information content (AvgIpc) is 2.85. The molecule has 0 radical (unpaired) electrons. The molecule has 0 spiro atoms. The summed E-state index contributed by atoms with van der Waals surface area (Å²) >= 11 is 0. The van der Waals surface area contributed by atoms with E-state index in [1.165, 1.54) is 11.1 Å². The minimum Gasteiger partial charge on any atom is -0.388 e. The van der Waals surface area contributed by atoms with Gasteiger partial charge in [-0.15, -0.1) is 0 Å². The van der Waals surface area contributed by atoms with Crippen LogP contribution in [0.25, 0.3) is 11.0 Å². The van der Waals surface area contributed by atoms with Crippen molar-refractivity contribution >= 4 is 11.0 Å². The summed E-state index contributed by atoms with van der Waals surface area (Å²) in [6, 6.07) is 16.8. The molecular weight excluding hydrogens is 260 g/mol. The molecule has 0 amide bonds. The van der Waals surface area contributed by atoms with E-state index < -0.39 is 0 Å². The van der Waals surface area contributed by atoms with Gasteiger partial charge in [0.15, 0.2) is 0 Å². The van der Waals surface area contributed by atoms with Crippen molar-refractivity contribution in [2.75, 3.05) is 0 Å². The fraction of sp³-hybridized carbons (Fsp3) is 0.278. The summed E-state index contributed by atoms with van der Waals surface area (Å²) in [7, 11) is 0. The average molecular weight is 280 g/mol. The molecule has 0 aliphatic rings. The van der Waals surface area contributed by atoms with Crippen LogP contribution in [0.2, 0.25) is 0 Å². The predicted molar refractivity (Wildman–Crippen MR) is 85.2 cm³/mol. The zero-order chi connectivity index (χ0) is 14.7. The molecular formula is C18H20N2O. The van der Waals surface area contributed by atoms with Crippen molar-refractivity contribution in [2.45, 2.75) is 32.9 Å². The quantitative estimate of drug-likeness (QED) is 0.777. The monoisotopic (exact) mass is 280 g/mol. The SMILES string of the molecule is Cc1ccc2c(c1)nc(CO)n2CCCc1ccccc1. The van der Waals surface area contributed by atoms with Crippen molar-refractivity contribution in [2.24, 2.45) is 0 Å². The maximum atomic E-state index is 9.52. The second-order valence-corrected chi connectivity index (χ2v) is 5.42. The summed E-state index contributed by atoms with van der Waals surface area (Å²) in [6.07, 6.45) is 2.08. The molecule has 3 nitrogen and oxygen atoms in total. The third kappa shape index (κ3) is 2.98. The van der Waals surface area contributed by atoms with Crippen LogP contribution < -0.4 is 0 Å². The number of aliphatic hydroxyl groups excluding tert-OH is 1. The summed E-state index contributed by atoms with van der Waals surface area (Å²) < 4.78 is 2.14. The molecule has 3 rings (SSSR count). The van der Waals surface area contributed by atoms with Gasteiger partial charge in [0, 0.05) is 6.54 Å². The zero-order valence-electron chi connectivity index (χ0n) is 12.3. The predicted octanol–water partition coefficient (Wildman–Crippen LogP) is 3.47. The maximum absolute atomic E-state index is 9.52. The Kier molecular flexibility index (Phi) is 4.02. The fourth-order valence-corrected chi connectivity index (χ4v) is 2.75. The van der Waals surface area contributed by atoms with Crippen LogP contribution in [0.15, 0.2) is 48.5 Å². The molecule has 3 heteroatoms. The first-order chi connectivity index (χ1) is 10.3. The van der Waals surface area contributed by atoms with E-state index in [2.05, 4.69) is 58.9 Å². The molecule has 0 aliphatic heterocycles. The highest BCUT2D eigenvalue weighted by atomic mass is 16.3. The van der Waals surface area contributed by atoms with E-state index in [4.69, 9.17) is 0 Å². The van der Waals surface area contributed by atoms with Gasteiger partial charge in [0.05, 0.1) is 11.0 Å². The molecule has 0 fully saturated rings. The first-order valence-electron chi connectivity index (χ1n) is 7.38. The van der Waals surface area contributed by atoms with Gasteiger partial charge in [-0.1, -0.05) is 36.4 Å². The molecule has 0 bridgehead atoms. The van der Waals surface area contributed by atoms with Crippen molar-refractivity contribution in [3.8, 4) is 0 Å². The Bertz CT molecular complexity index is 732. The number of imidazole rings is 1. The van der Waals surface area contributed by atoms with Crippen LogP contribution in [0.1, 0.15) is 23.4 Å². The lowest BCUT2D eigenvalue weighted by Gasteiger charge is -2.08. The zero-order valence-corrected chi connectivity index (χ0v) is 12.3. The molecule has 0 aliphatic carbocycles. The summed E-state index contributed by atoms with van der Waals surface area (Å²) in [5.41, 5.74) is 4.63. The third-order valence-corrected chi connectivity index (χ3v) is 3.81. The molecule has 0 saturated carbocycles. The van der Waals surface area contributed by atoms with Crippen molar-refractivity contribution < 1.29 is 5.11 Å². The molecule has 108 valence electrons. The topological polar surface area (TPSA) is 38.1 Å². The highest BCUT2D eigenvalue weighted by Crippen LogP contribution is 2.19. The number of aryl methyl sites for hydroxylation is 3. The Morgan fingerprint density at radius 2 is 1.90 bits per heavy atom. The number of nitrogens with zero attached hydrogens (tertiary/aromatic N) is 2. The molecule has 0 saturated heterocycles. The fourth-order valence-electron chi connectivity index (χ4n) is 2.75. The van der Waals surface area contributed by atoms with Gasteiger partial charge < -0.3 is 9.67 Å². The van der Waals surface area contributed by atoms with Crippen LogP contribution in [0.3, 0.4) is 0 Å². The Morgan fingerprint density at radius 3 is 2.67 bits per heavy atom. The van der Waals surface area contributed by atoms with Gasteiger partial charge in [0.25, 0.3) is 0 Å². The minimum atomic E-state index is -0.0148. The van der Waals surface area contributed by atoms with Crippen LogP contribution >= 0.6 is 0 Å². The van der Waals surface area contributed by atoms with Crippen molar-refractivity contribution in [3.63, 3.8) is 0 Å². The van der Waals surface area contributed by atoms with E-state index in [-0.39, 0.29) is 6.61 Å². The molecule has 21 heavy (non-hydrogen) atoms. The van der Waals surface area contributed by atoms with Crippen LogP contribution in [-0.2, 0) is 19.6 Å². The van der Waals surface area contributed by atoms with Gasteiger partial charge in [-0.2, -0.15) is 0 Å². The molecule has 1 aromatic heterocycles. The Morgan fingerprint density at radius 1 is 1.10 bits per heavy atom. The van der Waals surface area contributed by atoms with E-state index in [1.807, 2.05) is 6.07 Å². The number of rotatable bonds is 5. The third-order valence-electron chi connectivity index (χ3n) is 3.81. The summed E-state index contributed by atoms with van der Waals surface area (Å²) in [4.78, 5) is 4.53. The van der Waals surface area contributed by atoms with Crippen molar-refractivity contribution in [1.29, 1.82) is 0 Å². The highest BCUT2D eigenvalue weighted by molar-refractivity contribution is 5.76. The highest BCUT2D eigenvalue weighted by Gasteiger charge is 2.09. The van der Waals surface area contributed by atoms with Gasteiger partial charge in [0.2, 0.25) is 0 Å². The first kappa shape index (κ1) is 13.8. The van der Waals surface area contributed by atoms with E-state index in [0.29, 0.717) is 0 Å². The van der Waals surface area contributed by atoms with E-state index in [1.54, 1.807) is 0 Å². The number of benzene rings is 2. The minimum absolute atomic E-state index is 0.0148. The first-order valence-corrected chi connectivity index (χ1v) is 7.38. The van der Waals surface area contributed by atoms with Crippen LogP contribution in [0.4, 0.5) is 0 Å². The number of aromatic nitrogens is 2. The number of aliphatic hydroxyl groups is 1. The summed E-state index contributed by atoms with van der Waals surface area (Å²) in [5.74, 6) is 0.753. The Hall–Kier alpha value is -2.13. The molecule has 0 atom stereocenters. The normalized spacial score (nSPS) is 11.1. The second-order valence-electron chi connectivity index (χ2n) is 5.42. The Labute approximate surface area is 124 Å². The molecule has 0 unspecified atom stereocenters. The van der Waals surface area contributed by atoms with Crippen molar-refractivity contribution in [1.82, 2.24) is 9.55 Å². The largest absolute Gasteiger partial charge is 0.388 e. The second kappa shape index (κ2) is 6.10. The number of fused-ring (bicyclic) bond motifs is 1. The number of hydrogen-bond donors (Lipinski definition) is 1. The van der Waals surface area contributed by atoms with Gasteiger partial charge in [-0.05, 0) is 43.0 Å². The molecule has 3 aromatic rings. The molecule has 2 aromatic carbocycles. The lowest BCUT2D eigenvalue weighted by Crippen LogP contribution is -2.05. The lowest BCUT2D eigenvalue weighted by atomic mass is 10.1. The van der Waals surface area contributed by atoms with E-state index >= 15 is 0 Å². The van der Waals surface area contributed by atoms with Gasteiger partial charge in [-0.25, -0.2) is 4.98 Å². The summed E-state index contributed by atoms with van der Waals surface area (Å²) in [5, 5.41) is 9.52. The van der Waals surface area contributed by atoms with Gasteiger partial charge >= 0.3 is 0 Å². The van der Waals surface area contributed by atoms with E-state index in [9.17, 15) is 5.11 Å². The van der Waals surface area contributed by atoms with Gasteiger partial charge in [-0.3, -0.25) is 0 Å². The van der Waals surface area contributed by atoms with Crippen LogP contribution in [0, 0.1) is 6.92 Å². The van der Waals surface area contributed by atoms with Crippen LogP contribution in [0.5, 0.6) is 0 Å².